The molecule has 0 aromatic heterocycles. The summed E-state index contributed by atoms with van der Waals surface area (Å²) in [4.78, 5) is 13.2. The summed E-state index contributed by atoms with van der Waals surface area (Å²) in [6.07, 6.45) is 2.30. The molecule has 1 fully saturated rings. The number of fused-ring (bicyclic) bond motifs is 2. The molecule has 0 radical (unpaired) electrons. The molecule has 3 aliphatic rings. The zero-order valence-electron chi connectivity index (χ0n) is 21.4. The van der Waals surface area contributed by atoms with Gasteiger partial charge in [0.25, 0.3) is 0 Å². The molecule has 192 valence electrons. The van der Waals surface area contributed by atoms with Crippen LogP contribution in [0, 0.1) is 0 Å². The Morgan fingerprint density at radius 2 is 1.89 bits per heavy atom. The number of hydroxylamine groups is 1. The molecule has 1 atom stereocenters. The summed E-state index contributed by atoms with van der Waals surface area (Å²) in [5.74, 6) is 0.896. The second-order valence-electron chi connectivity index (χ2n) is 10.2. The van der Waals surface area contributed by atoms with E-state index in [4.69, 9.17) is 14.7 Å². The van der Waals surface area contributed by atoms with Gasteiger partial charge in [-0.3, -0.25) is 25.0 Å². The second kappa shape index (κ2) is 11.6. The van der Waals surface area contributed by atoms with E-state index in [9.17, 15) is 0 Å². The summed E-state index contributed by atoms with van der Waals surface area (Å²) in [5.41, 5.74) is 10.4. The van der Waals surface area contributed by atoms with Gasteiger partial charge in [-0.15, -0.1) is 0 Å². The van der Waals surface area contributed by atoms with Crippen LogP contribution in [0.4, 0.5) is 0 Å². The van der Waals surface area contributed by atoms with Gasteiger partial charge < -0.3 is 9.84 Å². The average Bonchev–Trinajstić information content (AvgIpc) is 3.29. The molecule has 5 rings (SSSR count). The molecular weight excluding hydrogens is 452 g/mol. The fraction of sp³-hybridized carbons (Fsp3) is 0.448. The lowest BCUT2D eigenvalue weighted by atomic mass is 9.98. The molecule has 1 unspecified atom stereocenters. The van der Waals surface area contributed by atoms with E-state index in [0.717, 1.165) is 62.8 Å². The highest BCUT2D eigenvalue weighted by molar-refractivity contribution is 5.75. The minimum absolute atomic E-state index is 0.00905. The summed E-state index contributed by atoms with van der Waals surface area (Å²) >= 11 is 0. The van der Waals surface area contributed by atoms with Crippen molar-refractivity contribution < 1.29 is 14.7 Å². The molecule has 2 aromatic carbocycles. The maximum absolute atomic E-state index is 9.15. The lowest BCUT2D eigenvalue weighted by molar-refractivity contribution is 0.0118. The SMILES string of the molecule is CC(=Cc1ccccc1)CN1CCN(CC2ONC3=C2COc2cc(CN(C)CCO)ccc23)CC1. The van der Waals surface area contributed by atoms with Crippen LogP contribution >= 0.6 is 0 Å². The number of benzene rings is 2. The molecule has 3 aliphatic heterocycles. The first-order chi connectivity index (χ1) is 17.6. The van der Waals surface area contributed by atoms with Gasteiger partial charge in [0.1, 0.15) is 18.5 Å². The van der Waals surface area contributed by atoms with Crippen molar-refractivity contribution in [1.82, 2.24) is 20.2 Å². The molecular formula is C29H38N4O3. The van der Waals surface area contributed by atoms with Gasteiger partial charge in [-0.05, 0) is 37.2 Å². The molecule has 0 spiro atoms. The van der Waals surface area contributed by atoms with Crippen molar-refractivity contribution in [3.8, 4) is 5.75 Å². The number of aliphatic hydroxyl groups excluding tert-OH is 1. The fourth-order valence-corrected chi connectivity index (χ4v) is 5.27. The Labute approximate surface area is 214 Å². The summed E-state index contributed by atoms with van der Waals surface area (Å²) in [7, 11) is 2.01. The van der Waals surface area contributed by atoms with Crippen molar-refractivity contribution in [2.24, 2.45) is 0 Å². The topological polar surface area (TPSA) is 60.4 Å². The number of likely N-dealkylation sites (N-methyl/N-ethyl adjacent to an activating group) is 1. The summed E-state index contributed by atoms with van der Waals surface area (Å²) in [5, 5.41) is 9.15. The van der Waals surface area contributed by atoms with Gasteiger partial charge in [-0.2, -0.15) is 0 Å². The quantitative estimate of drug-likeness (QED) is 0.561. The summed E-state index contributed by atoms with van der Waals surface area (Å²) < 4.78 is 6.17. The summed E-state index contributed by atoms with van der Waals surface area (Å²) in [6.45, 7) is 10.5. The number of rotatable bonds is 9. The van der Waals surface area contributed by atoms with Crippen molar-refractivity contribution >= 4 is 11.8 Å². The lowest BCUT2D eigenvalue weighted by Gasteiger charge is -2.36. The van der Waals surface area contributed by atoms with Crippen molar-refractivity contribution in [3.63, 3.8) is 0 Å². The van der Waals surface area contributed by atoms with Gasteiger partial charge in [0.2, 0.25) is 0 Å². The first-order valence-electron chi connectivity index (χ1n) is 13.0. The highest BCUT2D eigenvalue weighted by atomic mass is 16.7. The van der Waals surface area contributed by atoms with Crippen LogP contribution in [-0.2, 0) is 11.4 Å². The third-order valence-electron chi connectivity index (χ3n) is 7.22. The molecule has 2 aromatic rings. The number of aliphatic hydroxyl groups is 1. The van der Waals surface area contributed by atoms with Gasteiger partial charge in [-0.1, -0.05) is 48.0 Å². The number of ether oxygens (including phenoxy) is 1. The molecule has 7 nitrogen and oxygen atoms in total. The zero-order chi connectivity index (χ0) is 24.9. The van der Waals surface area contributed by atoms with E-state index in [1.165, 1.54) is 22.3 Å². The average molecular weight is 491 g/mol. The zero-order valence-corrected chi connectivity index (χ0v) is 21.4. The summed E-state index contributed by atoms with van der Waals surface area (Å²) in [6, 6.07) is 16.9. The normalized spacial score (nSPS) is 20.8. The third kappa shape index (κ3) is 5.99. The number of hydrogen-bond acceptors (Lipinski definition) is 7. The Bertz CT molecular complexity index is 1090. The third-order valence-corrected chi connectivity index (χ3v) is 7.22. The molecule has 3 heterocycles. The van der Waals surface area contributed by atoms with Gasteiger partial charge in [-0.25, -0.2) is 0 Å². The van der Waals surface area contributed by atoms with E-state index in [0.29, 0.717) is 13.2 Å². The molecule has 0 aliphatic carbocycles. The smallest absolute Gasteiger partial charge is 0.129 e. The van der Waals surface area contributed by atoms with Gasteiger partial charge >= 0.3 is 0 Å². The first-order valence-corrected chi connectivity index (χ1v) is 13.0. The molecule has 36 heavy (non-hydrogen) atoms. The number of nitrogens with zero attached hydrogens (tertiary/aromatic N) is 3. The predicted octanol–water partition coefficient (Wildman–Crippen LogP) is 2.84. The van der Waals surface area contributed by atoms with Crippen LogP contribution in [0.3, 0.4) is 0 Å². The van der Waals surface area contributed by atoms with Crippen LogP contribution in [-0.4, -0.2) is 92.0 Å². The van der Waals surface area contributed by atoms with Crippen molar-refractivity contribution in [2.75, 3.05) is 66.1 Å². The second-order valence-corrected chi connectivity index (χ2v) is 10.2. The lowest BCUT2D eigenvalue weighted by Crippen LogP contribution is -2.49. The van der Waals surface area contributed by atoms with E-state index in [1.54, 1.807) is 0 Å². The molecule has 7 heteroatoms. The van der Waals surface area contributed by atoms with E-state index in [2.05, 4.69) is 81.7 Å². The largest absolute Gasteiger partial charge is 0.488 e. The van der Waals surface area contributed by atoms with Crippen molar-refractivity contribution in [3.05, 3.63) is 76.4 Å². The van der Waals surface area contributed by atoms with Crippen molar-refractivity contribution in [2.45, 2.75) is 19.6 Å². The van der Waals surface area contributed by atoms with Crippen LogP contribution in [0.25, 0.3) is 11.8 Å². The van der Waals surface area contributed by atoms with E-state index < -0.39 is 0 Å². The number of piperazine rings is 1. The first kappa shape index (κ1) is 25.0. The Morgan fingerprint density at radius 3 is 2.67 bits per heavy atom. The minimum atomic E-state index is 0.00905. The molecule has 0 amide bonds. The minimum Gasteiger partial charge on any atom is -0.488 e. The highest BCUT2D eigenvalue weighted by Crippen LogP contribution is 2.37. The maximum atomic E-state index is 9.15. The predicted molar refractivity (Wildman–Crippen MR) is 143 cm³/mol. The van der Waals surface area contributed by atoms with Crippen molar-refractivity contribution in [1.29, 1.82) is 0 Å². The number of nitrogens with one attached hydrogen (secondary N) is 1. The standard InChI is InChI=1S/C29H38N4O3/c1-22(16-23-6-4-3-5-7-23)18-32-10-12-33(13-11-32)20-28-26-21-35-27-17-24(19-31(2)14-15-34)8-9-25(27)29(26)30-36-28/h3-9,16-17,28,30,34H,10-15,18-21H2,1-2H3. The van der Waals surface area contributed by atoms with Crippen LogP contribution in [0.15, 0.2) is 59.7 Å². The Morgan fingerprint density at radius 1 is 1.11 bits per heavy atom. The van der Waals surface area contributed by atoms with Gasteiger partial charge in [0.05, 0.1) is 12.3 Å². The number of hydrogen-bond donors (Lipinski definition) is 2. The monoisotopic (exact) mass is 490 g/mol. The van der Waals surface area contributed by atoms with Crippen LogP contribution in [0.1, 0.15) is 23.6 Å². The highest BCUT2D eigenvalue weighted by Gasteiger charge is 2.34. The van der Waals surface area contributed by atoms with Crippen LogP contribution in [0.5, 0.6) is 5.75 Å². The Hall–Kier alpha value is -2.68. The van der Waals surface area contributed by atoms with Crippen LogP contribution in [0.2, 0.25) is 0 Å². The van der Waals surface area contributed by atoms with E-state index in [-0.39, 0.29) is 12.7 Å². The molecule has 0 bridgehead atoms. The van der Waals surface area contributed by atoms with E-state index >= 15 is 0 Å². The Kier molecular flexibility index (Phi) is 8.04. The Balaban J connectivity index is 1.14. The fourth-order valence-electron chi connectivity index (χ4n) is 5.27. The van der Waals surface area contributed by atoms with Crippen LogP contribution < -0.4 is 10.2 Å². The van der Waals surface area contributed by atoms with Gasteiger partial charge in [0.15, 0.2) is 0 Å². The molecule has 2 N–H and O–H groups in total. The molecule has 1 saturated heterocycles. The maximum Gasteiger partial charge on any atom is 0.129 e. The van der Waals surface area contributed by atoms with Gasteiger partial charge in [0, 0.05) is 63.5 Å². The van der Waals surface area contributed by atoms with E-state index in [1.807, 2.05) is 7.05 Å². The molecule has 0 saturated carbocycles.